The summed E-state index contributed by atoms with van der Waals surface area (Å²) in [5.41, 5.74) is -2.01. The van der Waals surface area contributed by atoms with Crippen LogP contribution in [-0.4, -0.2) is 49.5 Å². The summed E-state index contributed by atoms with van der Waals surface area (Å²) in [5, 5.41) is 8.93. The lowest BCUT2D eigenvalue weighted by Gasteiger charge is -2.31. The summed E-state index contributed by atoms with van der Waals surface area (Å²) >= 11 is 0. The van der Waals surface area contributed by atoms with Crippen molar-refractivity contribution in [3.63, 3.8) is 0 Å². The second kappa shape index (κ2) is 5.01. The number of carboxylic acids is 1. The summed E-state index contributed by atoms with van der Waals surface area (Å²) in [7, 11) is 0. The third kappa shape index (κ3) is 3.40. The number of halogens is 3. The molecule has 1 atom stereocenters. The average Bonchev–Trinajstić information content (AvgIpc) is 2.18. The molecule has 0 radical (unpaired) electrons. The highest BCUT2D eigenvalue weighted by molar-refractivity contribution is 6.03. The maximum Gasteiger partial charge on any atom is 0.411 e. The molecule has 1 aliphatic rings. The normalized spacial score (nSPS) is 25.9. The van der Waals surface area contributed by atoms with Crippen molar-refractivity contribution >= 4 is 11.8 Å². The van der Waals surface area contributed by atoms with Crippen LogP contribution in [0, 0.1) is 5.41 Å². The van der Waals surface area contributed by atoms with Gasteiger partial charge in [-0.15, -0.1) is 0 Å². The second-order valence-corrected chi connectivity index (χ2v) is 3.72. The summed E-state index contributed by atoms with van der Waals surface area (Å²) < 4.78 is 44.6. The SMILES string of the molecule is O=C(O)C1(COCC(F)(F)F)COCCC1=O. The molecule has 0 aromatic carbocycles. The largest absolute Gasteiger partial charge is 0.480 e. The van der Waals surface area contributed by atoms with E-state index in [0.717, 1.165) is 0 Å². The number of Topliss-reactive ketones (excluding diaryl/α,β-unsaturated/α-hetero) is 1. The number of hydrogen-bond donors (Lipinski definition) is 1. The van der Waals surface area contributed by atoms with Crippen molar-refractivity contribution in [2.24, 2.45) is 5.41 Å². The maximum absolute atomic E-state index is 11.8. The molecule has 98 valence electrons. The van der Waals surface area contributed by atoms with Gasteiger partial charge in [-0.1, -0.05) is 0 Å². The molecule has 1 N–H and O–H groups in total. The van der Waals surface area contributed by atoms with Crippen LogP contribution in [0.3, 0.4) is 0 Å². The van der Waals surface area contributed by atoms with E-state index in [0.29, 0.717) is 0 Å². The Kier molecular flexibility index (Phi) is 4.10. The van der Waals surface area contributed by atoms with Gasteiger partial charge >= 0.3 is 12.1 Å². The molecule has 0 saturated carbocycles. The van der Waals surface area contributed by atoms with Crippen molar-refractivity contribution in [3.8, 4) is 0 Å². The highest BCUT2D eigenvalue weighted by atomic mass is 19.4. The Morgan fingerprint density at radius 3 is 2.65 bits per heavy atom. The fourth-order valence-corrected chi connectivity index (χ4v) is 1.44. The first kappa shape index (κ1) is 13.9. The zero-order valence-electron chi connectivity index (χ0n) is 8.75. The predicted octanol–water partition coefficient (Wildman–Crippen LogP) is 0.626. The van der Waals surface area contributed by atoms with Crippen LogP contribution in [0.5, 0.6) is 0 Å². The van der Waals surface area contributed by atoms with Gasteiger partial charge in [-0.25, -0.2) is 0 Å². The Morgan fingerprint density at radius 2 is 2.18 bits per heavy atom. The van der Waals surface area contributed by atoms with Crippen molar-refractivity contribution in [2.45, 2.75) is 12.6 Å². The number of hydrogen-bond acceptors (Lipinski definition) is 4. The average molecular weight is 256 g/mol. The number of alkyl halides is 3. The summed E-state index contributed by atoms with van der Waals surface area (Å²) in [5.74, 6) is -2.19. The second-order valence-electron chi connectivity index (χ2n) is 3.72. The van der Waals surface area contributed by atoms with Crippen LogP contribution >= 0.6 is 0 Å². The topological polar surface area (TPSA) is 72.8 Å². The number of carbonyl (C=O) groups is 2. The van der Waals surface area contributed by atoms with Crippen molar-refractivity contribution < 1.29 is 37.3 Å². The molecule has 8 heteroatoms. The van der Waals surface area contributed by atoms with Gasteiger partial charge in [0.1, 0.15) is 6.61 Å². The molecule has 0 aromatic heterocycles. The number of ketones is 1. The van der Waals surface area contributed by atoms with Gasteiger partial charge in [0, 0.05) is 6.42 Å². The lowest BCUT2D eigenvalue weighted by Crippen LogP contribution is -2.50. The highest BCUT2D eigenvalue weighted by Crippen LogP contribution is 2.27. The third-order valence-electron chi connectivity index (χ3n) is 2.38. The van der Waals surface area contributed by atoms with Crippen LogP contribution in [0.15, 0.2) is 0 Å². The molecule has 17 heavy (non-hydrogen) atoms. The van der Waals surface area contributed by atoms with Gasteiger partial charge in [0.2, 0.25) is 0 Å². The van der Waals surface area contributed by atoms with Crippen molar-refractivity contribution in [1.29, 1.82) is 0 Å². The minimum absolute atomic E-state index is 0.0765. The standard InChI is InChI=1S/C9H11F3O5/c10-9(11,12)5-17-4-8(7(14)15)3-16-2-1-6(8)13/h1-5H2,(H,14,15). The van der Waals surface area contributed by atoms with Gasteiger partial charge in [-0.3, -0.25) is 9.59 Å². The first-order chi connectivity index (χ1) is 7.78. The molecule has 0 spiro atoms. The van der Waals surface area contributed by atoms with Gasteiger partial charge in [0.15, 0.2) is 11.2 Å². The van der Waals surface area contributed by atoms with Crippen LogP contribution < -0.4 is 0 Å². The minimum Gasteiger partial charge on any atom is -0.480 e. The van der Waals surface area contributed by atoms with E-state index in [-0.39, 0.29) is 13.0 Å². The minimum atomic E-state index is -4.56. The van der Waals surface area contributed by atoms with Crippen LogP contribution in [0.2, 0.25) is 0 Å². The molecule has 0 bridgehead atoms. The molecule has 0 aromatic rings. The number of aliphatic carboxylic acids is 1. The van der Waals surface area contributed by atoms with Crippen LogP contribution in [-0.2, 0) is 19.1 Å². The van der Waals surface area contributed by atoms with E-state index in [1.165, 1.54) is 0 Å². The summed E-state index contributed by atoms with van der Waals surface area (Å²) in [6, 6.07) is 0. The third-order valence-corrected chi connectivity index (χ3v) is 2.38. The Hall–Kier alpha value is -1.15. The van der Waals surface area contributed by atoms with Gasteiger partial charge in [0.25, 0.3) is 0 Å². The molecule has 1 fully saturated rings. The lowest BCUT2D eigenvalue weighted by molar-refractivity contribution is -0.194. The quantitative estimate of drug-likeness (QED) is 0.747. The van der Waals surface area contributed by atoms with Crippen LogP contribution in [0.1, 0.15) is 6.42 Å². The molecule has 1 heterocycles. The van der Waals surface area contributed by atoms with Crippen LogP contribution in [0.4, 0.5) is 13.2 Å². The van der Waals surface area contributed by atoms with E-state index in [9.17, 15) is 22.8 Å². The Bertz CT molecular complexity index is 314. The Balaban J connectivity index is 2.66. The van der Waals surface area contributed by atoms with E-state index in [4.69, 9.17) is 9.84 Å². The van der Waals surface area contributed by atoms with Gasteiger partial charge in [0.05, 0.1) is 19.8 Å². The summed E-state index contributed by atoms with van der Waals surface area (Å²) in [4.78, 5) is 22.5. The van der Waals surface area contributed by atoms with E-state index in [1.807, 2.05) is 0 Å². The zero-order chi connectivity index (χ0) is 13.1. The van der Waals surface area contributed by atoms with Gasteiger partial charge < -0.3 is 14.6 Å². The fourth-order valence-electron chi connectivity index (χ4n) is 1.44. The van der Waals surface area contributed by atoms with Gasteiger partial charge in [-0.2, -0.15) is 13.2 Å². The molecule has 5 nitrogen and oxygen atoms in total. The highest BCUT2D eigenvalue weighted by Gasteiger charge is 2.49. The van der Waals surface area contributed by atoms with Crippen molar-refractivity contribution in [2.75, 3.05) is 26.4 Å². The predicted molar refractivity (Wildman–Crippen MR) is 47.4 cm³/mol. The van der Waals surface area contributed by atoms with E-state index < -0.39 is 43.2 Å². The Morgan fingerprint density at radius 1 is 1.53 bits per heavy atom. The van der Waals surface area contributed by atoms with E-state index >= 15 is 0 Å². The molecular formula is C9H11F3O5. The van der Waals surface area contributed by atoms with Crippen molar-refractivity contribution in [1.82, 2.24) is 0 Å². The number of carbonyl (C=O) groups excluding carboxylic acids is 1. The molecule has 1 unspecified atom stereocenters. The number of ether oxygens (including phenoxy) is 2. The maximum atomic E-state index is 11.8. The van der Waals surface area contributed by atoms with Gasteiger partial charge in [-0.05, 0) is 0 Å². The molecule has 1 rings (SSSR count). The molecule has 0 amide bonds. The first-order valence-corrected chi connectivity index (χ1v) is 4.77. The fraction of sp³-hybridized carbons (Fsp3) is 0.778. The smallest absolute Gasteiger partial charge is 0.411 e. The zero-order valence-corrected chi connectivity index (χ0v) is 8.75. The van der Waals surface area contributed by atoms with E-state index in [2.05, 4.69) is 4.74 Å². The van der Waals surface area contributed by atoms with E-state index in [1.54, 1.807) is 0 Å². The molecular weight excluding hydrogens is 245 g/mol. The molecule has 1 aliphatic heterocycles. The number of carboxylic acid groups (broad SMARTS) is 1. The summed E-state index contributed by atoms with van der Waals surface area (Å²) in [6.07, 6.45) is -4.69. The first-order valence-electron chi connectivity index (χ1n) is 4.77. The molecule has 1 saturated heterocycles. The number of rotatable bonds is 4. The molecule has 0 aliphatic carbocycles. The Labute approximate surface area is 94.5 Å². The van der Waals surface area contributed by atoms with Crippen LogP contribution in [0.25, 0.3) is 0 Å². The summed E-state index contributed by atoms with van der Waals surface area (Å²) in [6.45, 7) is -2.80. The monoisotopic (exact) mass is 256 g/mol. The van der Waals surface area contributed by atoms with Crippen molar-refractivity contribution in [3.05, 3.63) is 0 Å². The lowest BCUT2D eigenvalue weighted by atomic mass is 9.82.